The Morgan fingerprint density at radius 3 is 2.54 bits per heavy atom. The van der Waals surface area contributed by atoms with Gasteiger partial charge in [-0.15, -0.1) is 0 Å². The van der Waals surface area contributed by atoms with Crippen molar-refractivity contribution in [3.05, 3.63) is 82.0 Å². The summed E-state index contributed by atoms with van der Waals surface area (Å²) in [4.78, 5) is 23.1. The second-order valence-electron chi connectivity index (χ2n) is 6.03. The number of hydrogen-bond donors (Lipinski definition) is 1. The SMILES string of the molecule is N#CCCn1cc(C(=O)NCc2ccccc2)c(-c2ccc([N+](=O)[O-])cc2)n1. The maximum atomic E-state index is 12.7. The molecule has 1 aromatic heterocycles. The number of nitrogens with zero attached hydrogens (tertiary/aromatic N) is 4. The van der Waals surface area contributed by atoms with Crippen LogP contribution in [0.15, 0.2) is 60.8 Å². The number of carbonyl (C=O) groups excluding carboxylic acids is 1. The second-order valence-corrected chi connectivity index (χ2v) is 6.03. The zero-order chi connectivity index (χ0) is 19.9. The number of nitriles is 1. The molecule has 0 saturated heterocycles. The molecule has 1 heterocycles. The fraction of sp³-hybridized carbons (Fsp3) is 0.150. The van der Waals surface area contributed by atoms with Gasteiger partial charge in [0.1, 0.15) is 5.69 Å². The number of carbonyl (C=O) groups is 1. The number of rotatable bonds is 7. The third-order valence-corrected chi connectivity index (χ3v) is 4.11. The molecule has 0 saturated carbocycles. The van der Waals surface area contributed by atoms with Crippen LogP contribution in [-0.4, -0.2) is 20.6 Å². The summed E-state index contributed by atoms with van der Waals surface area (Å²) >= 11 is 0. The van der Waals surface area contributed by atoms with Crippen molar-refractivity contribution in [2.45, 2.75) is 19.5 Å². The van der Waals surface area contributed by atoms with Crippen LogP contribution in [0.4, 0.5) is 5.69 Å². The molecule has 1 amide bonds. The fourth-order valence-electron chi connectivity index (χ4n) is 2.69. The molecule has 8 nitrogen and oxygen atoms in total. The average Bonchev–Trinajstić information content (AvgIpc) is 3.15. The summed E-state index contributed by atoms with van der Waals surface area (Å²) in [5.41, 5.74) is 2.28. The third-order valence-electron chi connectivity index (χ3n) is 4.11. The number of non-ortho nitro benzene ring substituents is 1. The topological polar surface area (TPSA) is 114 Å². The number of hydrogen-bond acceptors (Lipinski definition) is 5. The Labute approximate surface area is 161 Å². The van der Waals surface area contributed by atoms with Crippen molar-refractivity contribution in [3.63, 3.8) is 0 Å². The molecule has 0 fully saturated rings. The average molecular weight is 375 g/mol. The predicted molar refractivity (Wildman–Crippen MR) is 102 cm³/mol. The molecule has 28 heavy (non-hydrogen) atoms. The summed E-state index contributed by atoms with van der Waals surface area (Å²) in [6.45, 7) is 0.713. The van der Waals surface area contributed by atoms with Crippen LogP contribution in [0.5, 0.6) is 0 Å². The van der Waals surface area contributed by atoms with Crippen LogP contribution >= 0.6 is 0 Å². The largest absolute Gasteiger partial charge is 0.348 e. The number of nitrogens with one attached hydrogen (secondary N) is 1. The van der Waals surface area contributed by atoms with Crippen LogP contribution in [0.1, 0.15) is 22.3 Å². The van der Waals surface area contributed by atoms with Crippen molar-refractivity contribution in [3.8, 4) is 17.3 Å². The van der Waals surface area contributed by atoms with Crippen LogP contribution in [0.3, 0.4) is 0 Å². The Bertz CT molecular complexity index is 1020. The van der Waals surface area contributed by atoms with Gasteiger partial charge in [-0.3, -0.25) is 19.6 Å². The van der Waals surface area contributed by atoms with Crippen LogP contribution < -0.4 is 5.32 Å². The lowest BCUT2D eigenvalue weighted by Crippen LogP contribution is -2.23. The summed E-state index contributed by atoms with van der Waals surface area (Å²) in [5, 5.41) is 26.9. The number of amides is 1. The van der Waals surface area contributed by atoms with E-state index in [4.69, 9.17) is 5.26 Å². The molecule has 0 aliphatic carbocycles. The molecule has 0 atom stereocenters. The summed E-state index contributed by atoms with van der Waals surface area (Å²) in [6, 6.07) is 17.4. The Hall–Kier alpha value is -3.99. The molecule has 2 aromatic carbocycles. The van der Waals surface area contributed by atoms with Crippen molar-refractivity contribution in [2.75, 3.05) is 0 Å². The van der Waals surface area contributed by atoms with Gasteiger partial charge >= 0.3 is 0 Å². The van der Waals surface area contributed by atoms with E-state index in [1.807, 2.05) is 36.4 Å². The minimum absolute atomic E-state index is 0.0391. The van der Waals surface area contributed by atoms with Crippen molar-refractivity contribution in [1.29, 1.82) is 5.26 Å². The Balaban J connectivity index is 1.87. The van der Waals surface area contributed by atoms with Crippen molar-refractivity contribution >= 4 is 11.6 Å². The highest BCUT2D eigenvalue weighted by Gasteiger charge is 2.18. The molecule has 0 bridgehead atoms. The van der Waals surface area contributed by atoms with E-state index in [-0.39, 0.29) is 18.0 Å². The number of benzene rings is 2. The van der Waals surface area contributed by atoms with Gasteiger partial charge < -0.3 is 5.32 Å². The molecule has 0 aliphatic heterocycles. The van der Waals surface area contributed by atoms with Gasteiger partial charge in [0.15, 0.2) is 0 Å². The van der Waals surface area contributed by atoms with E-state index >= 15 is 0 Å². The molecule has 1 N–H and O–H groups in total. The van der Waals surface area contributed by atoms with Crippen LogP contribution in [-0.2, 0) is 13.1 Å². The normalized spacial score (nSPS) is 10.2. The standard InChI is InChI=1S/C20H17N5O3/c21-11-4-12-24-14-18(20(26)22-13-15-5-2-1-3-6-15)19(23-24)16-7-9-17(10-8-16)25(27)28/h1-3,5-10,14H,4,12-13H2,(H,22,26). The first kappa shape index (κ1) is 18.8. The fourth-order valence-corrected chi connectivity index (χ4v) is 2.69. The lowest BCUT2D eigenvalue weighted by molar-refractivity contribution is -0.384. The van der Waals surface area contributed by atoms with Crippen LogP contribution in [0.25, 0.3) is 11.3 Å². The van der Waals surface area contributed by atoms with E-state index in [0.29, 0.717) is 29.9 Å². The summed E-state index contributed by atoms with van der Waals surface area (Å²) in [5.74, 6) is -0.305. The highest BCUT2D eigenvalue weighted by Crippen LogP contribution is 2.25. The minimum Gasteiger partial charge on any atom is -0.348 e. The molecule has 140 valence electrons. The Kier molecular flexibility index (Phi) is 5.77. The number of nitro groups is 1. The van der Waals surface area contributed by atoms with E-state index in [2.05, 4.69) is 10.4 Å². The van der Waals surface area contributed by atoms with Gasteiger partial charge in [-0.2, -0.15) is 10.4 Å². The zero-order valence-electron chi connectivity index (χ0n) is 14.9. The van der Waals surface area contributed by atoms with Crippen molar-refractivity contribution in [2.24, 2.45) is 0 Å². The summed E-state index contributed by atoms with van der Waals surface area (Å²) < 4.78 is 1.54. The maximum Gasteiger partial charge on any atom is 0.269 e. The molecule has 3 aromatic rings. The van der Waals surface area contributed by atoms with Gasteiger partial charge in [-0.25, -0.2) is 0 Å². The molecule has 3 rings (SSSR count). The van der Waals surface area contributed by atoms with E-state index < -0.39 is 4.92 Å². The lowest BCUT2D eigenvalue weighted by Gasteiger charge is -2.05. The number of nitro benzene ring substituents is 1. The highest BCUT2D eigenvalue weighted by molar-refractivity contribution is 5.99. The van der Waals surface area contributed by atoms with Gasteiger partial charge in [0, 0.05) is 30.4 Å². The van der Waals surface area contributed by atoms with Gasteiger partial charge in [-0.1, -0.05) is 30.3 Å². The predicted octanol–water partition coefficient (Wildman–Crippen LogP) is 3.30. The Morgan fingerprint density at radius 1 is 1.18 bits per heavy atom. The molecular weight excluding hydrogens is 358 g/mol. The monoisotopic (exact) mass is 375 g/mol. The summed E-state index contributed by atoms with van der Waals surface area (Å²) in [7, 11) is 0. The zero-order valence-corrected chi connectivity index (χ0v) is 14.9. The second kappa shape index (κ2) is 8.60. The summed E-state index contributed by atoms with van der Waals surface area (Å²) in [6.07, 6.45) is 1.85. The lowest BCUT2D eigenvalue weighted by atomic mass is 10.1. The molecule has 8 heteroatoms. The minimum atomic E-state index is -0.483. The van der Waals surface area contributed by atoms with Gasteiger partial charge in [0.25, 0.3) is 11.6 Å². The van der Waals surface area contributed by atoms with Crippen molar-refractivity contribution < 1.29 is 9.72 Å². The third kappa shape index (κ3) is 4.40. The van der Waals surface area contributed by atoms with E-state index in [1.54, 1.807) is 18.3 Å². The molecule has 0 unspecified atom stereocenters. The van der Waals surface area contributed by atoms with Crippen molar-refractivity contribution in [1.82, 2.24) is 15.1 Å². The number of aryl methyl sites for hydroxylation is 1. The molecule has 0 aliphatic rings. The Morgan fingerprint density at radius 2 is 1.89 bits per heavy atom. The number of aromatic nitrogens is 2. The first-order valence-corrected chi connectivity index (χ1v) is 8.60. The smallest absolute Gasteiger partial charge is 0.269 e. The van der Waals surface area contributed by atoms with Gasteiger partial charge in [0.2, 0.25) is 0 Å². The van der Waals surface area contributed by atoms with Crippen LogP contribution in [0, 0.1) is 21.4 Å². The van der Waals surface area contributed by atoms with Gasteiger partial charge in [-0.05, 0) is 17.7 Å². The first-order chi connectivity index (χ1) is 13.6. The van der Waals surface area contributed by atoms with E-state index in [1.165, 1.54) is 16.8 Å². The molecule has 0 spiro atoms. The first-order valence-electron chi connectivity index (χ1n) is 8.60. The molecular formula is C20H17N5O3. The van der Waals surface area contributed by atoms with Crippen LogP contribution in [0.2, 0.25) is 0 Å². The maximum absolute atomic E-state index is 12.7. The van der Waals surface area contributed by atoms with E-state index in [9.17, 15) is 14.9 Å². The highest BCUT2D eigenvalue weighted by atomic mass is 16.6. The van der Waals surface area contributed by atoms with Gasteiger partial charge in [0.05, 0.1) is 29.5 Å². The molecule has 0 radical (unpaired) electrons. The quantitative estimate of drug-likeness (QED) is 0.503. The van der Waals surface area contributed by atoms with E-state index in [0.717, 1.165) is 5.56 Å².